The average molecular weight is 508 g/mol. The summed E-state index contributed by atoms with van der Waals surface area (Å²) in [6, 6.07) is 12.9. The summed E-state index contributed by atoms with van der Waals surface area (Å²) >= 11 is 0. The Kier molecular flexibility index (Phi) is 9.77. The highest BCUT2D eigenvalue weighted by atomic mass is 16.5. The first-order valence-electron chi connectivity index (χ1n) is 12.0. The van der Waals surface area contributed by atoms with Crippen LogP contribution in [0.4, 0.5) is 5.69 Å². The van der Waals surface area contributed by atoms with Crippen molar-refractivity contribution >= 4 is 23.4 Å². The first-order valence-corrected chi connectivity index (χ1v) is 12.0. The van der Waals surface area contributed by atoms with Crippen LogP contribution in [0.5, 0.6) is 0 Å². The fourth-order valence-electron chi connectivity index (χ4n) is 3.97. The number of nitrogens with zero attached hydrogens (tertiary/aromatic N) is 2. The van der Waals surface area contributed by atoms with Gasteiger partial charge in [-0.1, -0.05) is 11.8 Å². The van der Waals surface area contributed by atoms with Crippen molar-refractivity contribution in [2.24, 2.45) is 0 Å². The van der Waals surface area contributed by atoms with E-state index in [1.54, 1.807) is 24.3 Å². The van der Waals surface area contributed by atoms with Crippen LogP contribution in [0.15, 0.2) is 48.5 Å². The highest BCUT2D eigenvalue weighted by Crippen LogP contribution is 2.14. The Balaban J connectivity index is 1.53. The Bertz CT molecular complexity index is 1150. The van der Waals surface area contributed by atoms with Crippen molar-refractivity contribution in [2.75, 3.05) is 39.0 Å². The van der Waals surface area contributed by atoms with Crippen molar-refractivity contribution in [1.29, 1.82) is 0 Å². The zero-order chi connectivity index (χ0) is 26.9. The van der Waals surface area contributed by atoms with Gasteiger partial charge in [0.2, 0.25) is 5.91 Å². The molecule has 0 aliphatic carbocycles. The fraction of sp³-hybridized carbons (Fsp3) is 0.370. The Morgan fingerprint density at radius 1 is 1.05 bits per heavy atom. The molecule has 3 amide bonds. The molecule has 196 valence electrons. The molecule has 2 aromatic rings. The number of carbonyl (C=O) groups is 3. The Labute approximate surface area is 216 Å². The predicted octanol–water partition coefficient (Wildman–Crippen LogP) is 0.645. The van der Waals surface area contributed by atoms with E-state index in [1.807, 2.05) is 24.3 Å². The third-order valence-electron chi connectivity index (χ3n) is 6.17. The van der Waals surface area contributed by atoms with Crippen LogP contribution in [0.2, 0.25) is 0 Å². The number of nitrogens with one attached hydrogen (secondary N) is 3. The van der Waals surface area contributed by atoms with Gasteiger partial charge in [-0.25, -0.2) is 5.48 Å². The normalized spacial score (nSPS) is 16.9. The Hall–Kier alpha value is -3.75. The second-order valence-corrected chi connectivity index (χ2v) is 9.26. The zero-order valence-electron chi connectivity index (χ0n) is 21.2. The summed E-state index contributed by atoms with van der Waals surface area (Å²) in [7, 11) is 4.12. The van der Waals surface area contributed by atoms with Crippen molar-refractivity contribution in [2.45, 2.75) is 31.5 Å². The topological polar surface area (TPSA) is 134 Å². The predicted molar refractivity (Wildman–Crippen MR) is 139 cm³/mol. The van der Waals surface area contributed by atoms with E-state index >= 15 is 0 Å². The lowest BCUT2D eigenvalue weighted by Crippen LogP contribution is -2.51. The monoisotopic (exact) mass is 507 g/mol. The minimum Gasteiger partial charge on any atom is -0.391 e. The molecule has 2 aromatic carbocycles. The Morgan fingerprint density at radius 3 is 2.16 bits per heavy atom. The third-order valence-corrected chi connectivity index (χ3v) is 6.17. The van der Waals surface area contributed by atoms with E-state index < -0.39 is 24.0 Å². The van der Waals surface area contributed by atoms with E-state index in [-0.39, 0.29) is 11.5 Å². The number of likely N-dealkylation sites (N-methyl/N-ethyl adjacent to an activating group) is 1. The number of amides is 3. The Morgan fingerprint density at radius 2 is 1.65 bits per heavy atom. The van der Waals surface area contributed by atoms with Gasteiger partial charge in [0, 0.05) is 41.5 Å². The van der Waals surface area contributed by atoms with Crippen LogP contribution in [0.1, 0.15) is 34.8 Å². The van der Waals surface area contributed by atoms with Crippen LogP contribution in [-0.2, 0) is 9.59 Å². The average Bonchev–Trinajstić information content (AvgIpc) is 3.35. The van der Waals surface area contributed by atoms with Crippen molar-refractivity contribution in [3.63, 3.8) is 0 Å². The summed E-state index contributed by atoms with van der Waals surface area (Å²) < 4.78 is 0. The quantitative estimate of drug-likeness (QED) is 0.201. The van der Waals surface area contributed by atoms with Gasteiger partial charge in [-0.3, -0.25) is 24.5 Å². The number of carbonyl (C=O) groups excluding carboxylic acids is 3. The molecule has 0 unspecified atom stereocenters. The molecule has 10 heteroatoms. The minimum atomic E-state index is -1.29. The molecule has 1 fully saturated rings. The first kappa shape index (κ1) is 27.8. The van der Waals surface area contributed by atoms with Gasteiger partial charge in [0.1, 0.15) is 6.04 Å². The molecular weight excluding hydrogens is 474 g/mol. The molecular formula is C27H33N5O5. The van der Waals surface area contributed by atoms with Gasteiger partial charge in [-0.05, 0) is 76.0 Å². The molecule has 3 rings (SSSR count). The number of aliphatic hydroxyl groups is 1. The number of rotatable bonds is 8. The molecule has 0 saturated carbocycles. The van der Waals surface area contributed by atoms with Gasteiger partial charge in [0.25, 0.3) is 11.8 Å². The van der Waals surface area contributed by atoms with Crippen LogP contribution in [-0.4, -0.2) is 89.8 Å². The molecule has 0 radical (unpaired) electrons. The molecule has 1 aliphatic rings. The number of hydrogen-bond donors (Lipinski definition) is 5. The molecule has 10 nitrogen and oxygen atoms in total. The summed E-state index contributed by atoms with van der Waals surface area (Å²) in [6.45, 7) is 3.51. The van der Waals surface area contributed by atoms with Crippen molar-refractivity contribution in [3.05, 3.63) is 65.2 Å². The van der Waals surface area contributed by atoms with E-state index in [0.717, 1.165) is 25.1 Å². The van der Waals surface area contributed by atoms with E-state index in [4.69, 9.17) is 5.21 Å². The van der Waals surface area contributed by atoms with Crippen LogP contribution in [0.3, 0.4) is 0 Å². The van der Waals surface area contributed by atoms with E-state index in [2.05, 4.69) is 46.4 Å². The molecule has 5 N–H and O–H groups in total. The summed E-state index contributed by atoms with van der Waals surface area (Å²) in [5.74, 6) is 4.53. The number of benzene rings is 2. The SMILES string of the molecule is C[C@@H](O)[C@H](NC(=O)c1ccc(C#Cc2ccc(NC(=O)CN3CC[C@@H](N(C)C)C3)cc2)cc1)C(=O)NO. The third kappa shape index (κ3) is 8.13. The van der Waals surface area contributed by atoms with Crippen LogP contribution in [0, 0.1) is 11.8 Å². The molecule has 1 saturated heterocycles. The number of hydroxylamine groups is 1. The molecule has 37 heavy (non-hydrogen) atoms. The molecule has 0 aromatic heterocycles. The number of hydrogen-bond acceptors (Lipinski definition) is 7. The molecule has 1 heterocycles. The summed E-state index contributed by atoms with van der Waals surface area (Å²) in [5.41, 5.74) is 3.84. The molecule has 3 atom stereocenters. The maximum Gasteiger partial charge on any atom is 0.268 e. The van der Waals surface area contributed by atoms with Gasteiger partial charge in [0.05, 0.1) is 12.6 Å². The number of anilines is 1. The lowest BCUT2D eigenvalue weighted by molar-refractivity contribution is -0.133. The first-order chi connectivity index (χ1) is 17.7. The van der Waals surface area contributed by atoms with Gasteiger partial charge < -0.3 is 20.6 Å². The largest absolute Gasteiger partial charge is 0.391 e. The zero-order valence-corrected chi connectivity index (χ0v) is 21.2. The van der Waals surface area contributed by atoms with Gasteiger partial charge in [-0.15, -0.1) is 0 Å². The summed E-state index contributed by atoms with van der Waals surface area (Å²) in [5, 5.41) is 23.7. The summed E-state index contributed by atoms with van der Waals surface area (Å²) in [4.78, 5) is 40.7. The van der Waals surface area contributed by atoms with Crippen LogP contribution in [0.25, 0.3) is 0 Å². The summed E-state index contributed by atoms with van der Waals surface area (Å²) in [6.07, 6.45) is -0.127. The molecule has 0 spiro atoms. The van der Waals surface area contributed by atoms with Crippen LogP contribution >= 0.6 is 0 Å². The highest BCUT2D eigenvalue weighted by Gasteiger charge is 2.26. The van der Waals surface area contributed by atoms with Crippen molar-refractivity contribution in [1.82, 2.24) is 20.6 Å². The maximum absolute atomic E-state index is 12.4. The highest BCUT2D eigenvalue weighted by molar-refractivity contribution is 5.97. The fourth-order valence-corrected chi connectivity index (χ4v) is 3.97. The smallest absolute Gasteiger partial charge is 0.268 e. The molecule has 1 aliphatic heterocycles. The van der Waals surface area contributed by atoms with E-state index in [9.17, 15) is 19.5 Å². The standard InChI is InChI=1S/C27H33N5O5/c1-18(33)25(27(36)30-37)29-26(35)21-10-6-19(7-11-21)4-5-20-8-12-22(13-9-20)28-24(34)17-32-15-14-23(16-32)31(2)3/h6-13,18,23,25,33,37H,14-17H2,1-3H3,(H,28,34)(H,29,35)(H,30,36)/t18-,23-,25+/m1/s1. The van der Waals surface area contributed by atoms with Gasteiger partial charge >= 0.3 is 0 Å². The molecule has 0 bridgehead atoms. The van der Waals surface area contributed by atoms with E-state index in [1.165, 1.54) is 12.4 Å². The maximum atomic E-state index is 12.4. The van der Waals surface area contributed by atoms with E-state index in [0.29, 0.717) is 23.8 Å². The number of aliphatic hydroxyl groups excluding tert-OH is 1. The van der Waals surface area contributed by atoms with Gasteiger partial charge in [0.15, 0.2) is 0 Å². The van der Waals surface area contributed by atoms with Crippen molar-refractivity contribution in [3.8, 4) is 11.8 Å². The lowest BCUT2D eigenvalue weighted by atomic mass is 10.1. The lowest BCUT2D eigenvalue weighted by Gasteiger charge is -2.20. The number of likely N-dealkylation sites (tertiary alicyclic amines) is 1. The van der Waals surface area contributed by atoms with Gasteiger partial charge in [-0.2, -0.15) is 0 Å². The second-order valence-electron chi connectivity index (χ2n) is 9.26. The van der Waals surface area contributed by atoms with Crippen LogP contribution < -0.4 is 16.1 Å². The second kappa shape index (κ2) is 13.0. The minimum absolute atomic E-state index is 0.0425. The van der Waals surface area contributed by atoms with Crippen molar-refractivity contribution < 1.29 is 24.7 Å².